The van der Waals surface area contributed by atoms with Crippen LogP contribution in [-0.2, 0) is 46.4 Å². The number of carbonyl (C=O) groups excluding carboxylic acids is 5. The van der Waals surface area contributed by atoms with Gasteiger partial charge in [0.2, 0.25) is 29.5 Å². The summed E-state index contributed by atoms with van der Waals surface area (Å²) in [7, 11) is 0. The SMILES string of the molecule is NCCC[C@@H](CC(=O)N[C@@H]1CCNC[C@H]1C(=O)N[C@H](CC(=O)N[C@@H](CCC(=O)O)CC(=O)O)Cc1ccccc1)NC(=O)C[C@H](Cc1ccccc1)NC(=O)[C@@H]1CNCC[C@H]1N. The van der Waals surface area contributed by atoms with E-state index >= 15 is 0 Å². The van der Waals surface area contributed by atoms with Crippen LogP contribution in [0.4, 0.5) is 0 Å². The van der Waals surface area contributed by atoms with Crippen molar-refractivity contribution in [3.8, 4) is 0 Å². The Morgan fingerprint density at radius 2 is 1.11 bits per heavy atom. The summed E-state index contributed by atoms with van der Waals surface area (Å²) in [4.78, 5) is 90.4. The molecule has 2 aromatic rings. The molecule has 5 amide bonds. The molecule has 2 aliphatic heterocycles. The van der Waals surface area contributed by atoms with Crippen LogP contribution in [0.5, 0.6) is 0 Å². The van der Waals surface area contributed by atoms with E-state index in [4.69, 9.17) is 16.6 Å². The van der Waals surface area contributed by atoms with Crippen molar-refractivity contribution >= 4 is 41.5 Å². The topological polar surface area (TPSA) is 296 Å². The fraction of sp³-hybridized carbons (Fsp3) is 0.568. The number of hydrogen-bond donors (Lipinski definition) is 11. The van der Waals surface area contributed by atoms with Gasteiger partial charge in [0, 0.05) is 75.0 Å². The van der Waals surface area contributed by atoms with Crippen LogP contribution in [0.2, 0.25) is 0 Å². The maximum atomic E-state index is 14.0. The highest BCUT2D eigenvalue weighted by atomic mass is 16.4. The Bertz CT molecular complexity index is 1770. The van der Waals surface area contributed by atoms with Crippen molar-refractivity contribution in [2.45, 2.75) is 113 Å². The lowest BCUT2D eigenvalue weighted by Crippen LogP contribution is -2.57. The summed E-state index contributed by atoms with van der Waals surface area (Å²) in [5, 5.41) is 39.6. The van der Waals surface area contributed by atoms with Crippen molar-refractivity contribution in [1.82, 2.24) is 37.2 Å². The zero-order valence-electron chi connectivity index (χ0n) is 35.3. The number of nitrogens with one attached hydrogen (secondary N) is 7. The second-order valence-corrected chi connectivity index (χ2v) is 16.4. The van der Waals surface area contributed by atoms with Crippen LogP contribution >= 0.6 is 0 Å². The molecule has 2 aliphatic rings. The monoisotopic (exact) mass is 863 g/mol. The first kappa shape index (κ1) is 49.2. The van der Waals surface area contributed by atoms with Crippen LogP contribution in [0.3, 0.4) is 0 Å². The van der Waals surface area contributed by atoms with E-state index < -0.39 is 72.2 Å². The smallest absolute Gasteiger partial charge is 0.305 e. The Morgan fingerprint density at radius 1 is 0.613 bits per heavy atom. The minimum Gasteiger partial charge on any atom is -0.481 e. The van der Waals surface area contributed by atoms with Crippen LogP contribution in [0.25, 0.3) is 0 Å². The van der Waals surface area contributed by atoms with E-state index in [2.05, 4.69) is 37.2 Å². The molecule has 18 nitrogen and oxygen atoms in total. The van der Waals surface area contributed by atoms with Gasteiger partial charge in [-0.1, -0.05) is 60.7 Å². The molecular formula is C44H65N9O9. The standard InChI is InChI=1S/C44H65N9O9/c45-17-7-12-30(49-38(54)23-32(20-28-8-3-1-4-9-28)51-43(61)34-26-47-18-15-36(34)46)22-40(56)53-37-16-19-48-27-35(37)44(62)52-33(21-29-10-5-2-6-11-29)24-39(55)50-31(25-42(59)60)13-14-41(57)58/h1-6,8-11,30-37,47-48H,7,12-27,45-46H2,(H,49,54)(H,50,55)(H,51,61)(H,52,62)(H,53,56)(H,57,58)(H,59,60)/t30-,31-,32-,33-,34+,35+,36+,37+/m0/s1. The largest absolute Gasteiger partial charge is 0.481 e. The number of nitrogens with two attached hydrogens (primary N) is 2. The zero-order chi connectivity index (χ0) is 44.9. The lowest BCUT2D eigenvalue weighted by Gasteiger charge is -2.33. The molecule has 4 rings (SSSR count). The molecule has 2 heterocycles. The lowest BCUT2D eigenvalue weighted by atomic mass is 9.91. The molecule has 18 heteroatoms. The van der Waals surface area contributed by atoms with Crippen molar-refractivity contribution in [1.29, 1.82) is 0 Å². The van der Waals surface area contributed by atoms with E-state index in [-0.39, 0.29) is 68.8 Å². The summed E-state index contributed by atoms with van der Waals surface area (Å²) >= 11 is 0. The molecule has 0 aliphatic carbocycles. The molecule has 0 bridgehead atoms. The van der Waals surface area contributed by atoms with Crippen LogP contribution in [0.15, 0.2) is 60.7 Å². The summed E-state index contributed by atoms with van der Waals surface area (Å²) in [5.41, 5.74) is 13.9. The molecule has 0 radical (unpaired) electrons. The average molecular weight is 864 g/mol. The van der Waals surface area contributed by atoms with Gasteiger partial charge in [0.15, 0.2) is 0 Å². The molecular weight excluding hydrogens is 799 g/mol. The number of carbonyl (C=O) groups is 7. The minimum atomic E-state index is -1.19. The molecule has 0 aromatic heterocycles. The number of carboxylic acid groups (broad SMARTS) is 2. The average Bonchev–Trinajstić information content (AvgIpc) is 3.22. The molecule has 8 atom stereocenters. The molecule has 2 aromatic carbocycles. The summed E-state index contributed by atoms with van der Waals surface area (Å²) < 4.78 is 0. The maximum absolute atomic E-state index is 14.0. The fourth-order valence-electron chi connectivity index (χ4n) is 8.07. The van der Waals surface area contributed by atoms with Gasteiger partial charge in [0.1, 0.15) is 0 Å². The third-order valence-electron chi connectivity index (χ3n) is 11.3. The van der Waals surface area contributed by atoms with Crippen LogP contribution in [-0.4, -0.2) is 121 Å². The van der Waals surface area contributed by atoms with E-state index in [1.54, 1.807) is 0 Å². The summed E-state index contributed by atoms with van der Waals surface area (Å²) in [6, 6.07) is 15.2. The first-order valence-electron chi connectivity index (χ1n) is 21.7. The third kappa shape index (κ3) is 17.9. The Balaban J connectivity index is 1.40. The molecule has 13 N–H and O–H groups in total. The van der Waals surface area contributed by atoms with Gasteiger partial charge in [0.25, 0.3) is 0 Å². The molecule has 340 valence electrons. The highest BCUT2D eigenvalue weighted by Gasteiger charge is 2.35. The molecule has 0 spiro atoms. The highest BCUT2D eigenvalue weighted by molar-refractivity contribution is 5.85. The van der Waals surface area contributed by atoms with Crippen LogP contribution in [0.1, 0.15) is 75.3 Å². The minimum absolute atomic E-state index is 0.0297. The Kier molecular flexibility index (Phi) is 20.8. The molecule has 0 saturated carbocycles. The first-order valence-corrected chi connectivity index (χ1v) is 21.7. The Hall–Kier alpha value is -5.43. The van der Waals surface area contributed by atoms with E-state index in [9.17, 15) is 38.7 Å². The Labute approximate surface area is 362 Å². The predicted octanol–water partition coefficient (Wildman–Crippen LogP) is -0.309. The van der Waals surface area contributed by atoms with E-state index in [0.717, 1.165) is 17.7 Å². The van der Waals surface area contributed by atoms with Crippen molar-refractivity contribution in [2.75, 3.05) is 32.7 Å². The van der Waals surface area contributed by atoms with Crippen molar-refractivity contribution in [2.24, 2.45) is 23.3 Å². The van der Waals surface area contributed by atoms with Gasteiger partial charge in [-0.25, -0.2) is 0 Å². The molecule has 2 fully saturated rings. The normalized spacial score (nSPS) is 20.6. The van der Waals surface area contributed by atoms with Gasteiger partial charge >= 0.3 is 11.9 Å². The number of benzene rings is 2. The van der Waals surface area contributed by atoms with Crippen molar-refractivity contribution < 1.29 is 43.8 Å². The van der Waals surface area contributed by atoms with E-state index in [1.165, 1.54) is 0 Å². The zero-order valence-corrected chi connectivity index (χ0v) is 35.3. The van der Waals surface area contributed by atoms with Crippen molar-refractivity contribution in [3.05, 3.63) is 71.8 Å². The number of aliphatic carboxylic acids is 2. The van der Waals surface area contributed by atoms with E-state index in [0.29, 0.717) is 51.7 Å². The molecule has 62 heavy (non-hydrogen) atoms. The highest BCUT2D eigenvalue weighted by Crippen LogP contribution is 2.17. The van der Waals surface area contributed by atoms with E-state index in [1.807, 2.05) is 60.7 Å². The molecule has 2 saturated heterocycles. The summed E-state index contributed by atoms with van der Waals surface area (Å²) in [6.07, 6.45) is 1.61. The lowest BCUT2D eigenvalue weighted by molar-refractivity contribution is -0.140. The van der Waals surface area contributed by atoms with Crippen molar-refractivity contribution in [3.63, 3.8) is 0 Å². The summed E-state index contributed by atoms with van der Waals surface area (Å²) in [5.74, 6) is -5.30. The second-order valence-electron chi connectivity index (χ2n) is 16.4. The van der Waals surface area contributed by atoms with Crippen LogP contribution in [0, 0.1) is 11.8 Å². The maximum Gasteiger partial charge on any atom is 0.305 e. The quantitative estimate of drug-likeness (QED) is 0.0612. The van der Waals surface area contributed by atoms with Gasteiger partial charge in [-0.15, -0.1) is 0 Å². The Morgan fingerprint density at radius 3 is 1.63 bits per heavy atom. The number of amides is 5. The van der Waals surface area contributed by atoms with Crippen LogP contribution < -0.4 is 48.7 Å². The first-order chi connectivity index (χ1) is 29.8. The van der Waals surface area contributed by atoms with Gasteiger partial charge < -0.3 is 58.9 Å². The van der Waals surface area contributed by atoms with Gasteiger partial charge in [-0.05, 0) is 75.7 Å². The number of hydrogen-bond acceptors (Lipinski definition) is 11. The van der Waals surface area contributed by atoms with Gasteiger partial charge in [-0.2, -0.15) is 0 Å². The second kappa shape index (κ2) is 26.1. The predicted molar refractivity (Wildman–Crippen MR) is 231 cm³/mol. The van der Waals surface area contributed by atoms with Gasteiger partial charge in [-0.3, -0.25) is 33.6 Å². The molecule has 0 unspecified atom stereocenters. The number of rotatable bonds is 25. The third-order valence-corrected chi connectivity index (χ3v) is 11.3. The fourth-order valence-corrected chi connectivity index (χ4v) is 8.07. The number of piperidine rings is 2. The summed E-state index contributed by atoms with van der Waals surface area (Å²) in [6.45, 7) is 2.32. The van der Waals surface area contributed by atoms with Gasteiger partial charge in [0.05, 0.1) is 18.3 Å². The number of carboxylic acids is 2.